The molecule has 0 fully saturated rings. The predicted octanol–water partition coefficient (Wildman–Crippen LogP) is 1.17. The van der Waals surface area contributed by atoms with Gasteiger partial charge in [0.2, 0.25) is 0 Å². The van der Waals surface area contributed by atoms with Gasteiger partial charge in [0.1, 0.15) is 5.52 Å². The molecule has 0 amide bonds. The Morgan fingerprint density at radius 3 is 2.60 bits per heavy atom. The lowest BCUT2D eigenvalue weighted by atomic mass is 10.1. The lowest BCUT2D eigenvalue weighted by Gasteiger charge is -2.12. The number of halogens is 1. The highest BCUT2D eigenvalue weighted by molar-refractivity contribution is 8.93. The van der Waals surface area contributed by atoms with Gasteiger partial charge in [-0.1, -0.05) is 0 Å². The Balaban J connectivity index is 0.00000200. The lowest BCUT2D eigenvalue weighted by Crippen LogP contribution is -2.25. The van der Waals surface area contributed by atoms with Gasteiger partial charge < -0.3 is 15.3 Å². The smallest absolute Gasteiger partial charge is 0.348 e. The monoisotopic (exact) mass is 344 g/mol. The van der Waals surface area contributed by atoms with E-state index in [9.17, 15) is 19.8 Å². The third kappa shape index (κ3) is 2.74. The van der Waals surface area contributed by atoms with Crippen LogP contribution in [0.15, 0.2) is 16.9 Å². The van der Waals surface area contributed by atoms with Crippen LogP contribution in [0.4, 0.5) is 0 Å². The first kappa shape index (κ1) is 16.0. The minimum atomic E-state index is -1.07. The molecule has 0 unspecified atom stereocenters. The lowest BCUT2D eigenvalue weighted by molar-refractivity contribution is -0.137. The minimum Gasteiger partial charge on any atom is -0.504 e. The molecule has 3 N–H and O–H groups in total. The number of hydrogen-bond acceptors (Lipinski definition) is 5. The number of hydrogen-bond donors (Lipinski definition) is 3. The van der Waals surface area contributed by atoms with Crippen LogP contribution in [0, 0.1) is 6.92 Å². The van der Waals surface area contributed by atoms with E-state index in [0.717, 1.165) is 4.57 Å². The van der Waals surface area contributed by atoms with Crippen molar-refractivity contribution in [2.45, 2.75) is 19.9 Å². The van der Waals surface area contributed by atoms with Crippen LogP contribution in [-0.2, 0) is 11.3 Å². The molecular weight excluding hydrogens is 332 g/mol. The summed E-state index contributed by atoms with van der Waals surface area (Å²) in [6, 6.07) is 2.81. The molecule has 0 bridgehead atoms. The summed E-state index contributed by atoms with van der Waals surface area (Å²) in [5.74, 6) is -1.90. The molecule has 0 aliphatic carbocycles. The maximum Gasteiger partial charge on any atom is 0.348 e. The summed E-state index contributed by atoms with van der Waals surface area (Å²) < 4.78 is 1.05. The Morgan fingerprint density at radius 1 is 1.35 bits per heavy atom. The van der Waals surface area contributed by atoms with Crippen LogP contribution in [0.25, 0.3) is 10.9 Å². The number of fused-ring (bicyclic) bond motifs is 1. The highest BCUT2D eigenvalue weighted by Crippen LogP contribution is 2.33. The average molecular weight is 345 g/mol. The molecule has 0 saturated carbocycles. The minimum absolute atomic E-state index is 0. The van der Waals surface area contributed by atoms with Crippen molar-refractivity contribution in [1.29, 1.82) is 0 Å². The molecule has 0 radical (unpaired) electrons. The number of rotatable bonds is 3. The van der Waals surface area contributed by atoms with E-state index in [2.05, 4.69) is 4.98 Å². The standard InChI is InChI=1S/C12H12N2O5.BrH/c1-6-7-2-3-8(15)11(18)10(7)14(12(19)13-6)5-4-9(16)17;/h2-3,15,18H,4-5H2,1H3,(H,16,17);1H. The second-order valence-electron chi connectivity index (χ2n) is 4.10. The zero-order valence-corrected chi connectivity index (χ0v) is 12.2. The number of carboxylic acids is 1. The van der Waals surface area contributed by atoms with Gasteiger partial charge >= 0.3 is 11.7 Å². The van der Waals surface area contributed by atoms with Gasteiger partial charge in [0, 0.05) is 11.9 Å². The molecular formula is C12H13BrN2O5. The Kier molecular flexibility index (Phi) is 4.72. The van der Waals surface area contributed by atoms with Crippen molar-refractivity contribution in [2.75, 3.05) is 0 Å². The maximum atomic E-state index is 11.8. The summed E-state index contributed by atoms with van der Waals surface area (Å²) in [4.78, 5) is 26.2. The van der Waals surface area contributed by atoms with E-state index < -0.39 is 17.4 Å². The second kappa shape index (κ2) is 5.91. The van der Waals surface area contributed by atoms with Crippen LogP contribution < -0.4 is 5.69 Å². The number of phenols is 2. The summed E-state index contributed by atoms with van der Waals surface area (Å²) >= 11 is 0. The fourth-order valence-corrected chi connectivity index (χ4v) is 1.91. The van der Waals surface area contributed by atoms with Gasteiger partial charge in [-0.2, -0.15) is 4.98 Å². The van der Waals surface area contributed by atoms with Gasteiger partial charge in [-0.15, -0.1) is 17.0 Å². The molecule has 0 aliphatic heterocycles. The Labute approximate surface area is 123 Å². The topological polar surface area (TPSA) is 113 Å². The number of benzene rings is 1. The number of aryl methyl sites for hydroxylation is 2. The van der Waals surface area contributed by atoms with Crippen molar-refractivity contribution < 1.29 is 20.1 Å². The van der Waals surface area contributed by atoms with E-state index in [1.54, 1.807) is 6.92 Å². The van der Waals surface area contributed by atoms with Crippen LogP contribution in [0.1, 0.15) is 12.1 Å². The van der Waals surface area contributed by atoms with Gasteiger partial charge in [-0.05, 0) is 19.1 Å². The van der Waals surface area contributed by atoms with Gasteiger partial charge in [0.25, 0.3) is 0 Å². The van der Waals surface area contributed by atoms with Gasteiger partial charge in [0.05, 0.1) is 12.1 Å². The first-order valence-electron chi connectivity index (χ1n) is 5.55. The Morgan fingerprint density at radius 2 is 2.00 bits per heavy atom. The van der Waals surface area contributed by atoms with Crippen LogP contribution in [-0.4, -0.2) is 30.8 Å². The molecule has 2 rings (SSSR count). The summed E-state index contributed by atoms with van der Waals surface area (Å²) in [5.41, 5.74) is -0.159. The summed E-state index contributed by atoms with van der Waals surface area (Å²) in [6.07, 6.45) is -0.283. The van der Waals surface area contributed by atoms with Crippen LogP contribution in [0.5, 0.6) is 11.5 Å². The van der Waals surface area contributed by atoms with E-state index in [1.807, 2.05) is 0 Å². The van der Waals surface area contributed by atoms with Crippen molar-refractivity contribution >= 4 is 33.9 Å². The van der Waals surface area contributed by atoms with Crippen molar-refractivity contribution in [3.63, 3.8) is 0 Å². The van der Waals surface area contributed by atoms with E-state index in [4.69, 9.17) is 5.11 Å². The summed E-state index contributed by atoms with van der Waals surface area (Å²) in [5, 5.41) is 28.5. The number of carboxylic acid groups (broad SMARTS) is 1. The molecule has 1 heterocycles. The van der Waals surface area contributed by atoms with Crippen LogP contribution in [0.2, 0.25) is 0 Å². The van der Waals surface area contributed by atoms with Gasteiger partial charge in [-0.25, -0.2) is 4.79 Å². The van der Waals surface area contributed by atoms with Crippen molar-refractivity contribution in [1.82, 2.24) is 9.55 Å². The van der Waals surface area contributed by atoms with Crippen molar-refractivity contribution in [3.05, 3.63) is 28.3 Å². The molecule has 1 aromatic heterocycles. The zero-order valence-electron chi connectivity index (χ0n) is 10.5. The molecule has 8 heteroatoms. The molecule has 2 aromatic rings. The van der Waals surface area contributed by atoms with Gasteiger partial charge in [-0.3, -0.25) is 9.36 Å². The predicted molar refractivity (Wildman–Crippen MR) is 76.6 cm³/mol. The van der Waals surface area contributed by atoms with E-state index >= 15 is 0 Å². The second-order valence-corrected chi connectivity index (χ2v) is 4.10. The molecule has 0 aliphatic rings. The number of aliphatic carboxylic acids is 1. The largest absolute Gasteiger partial charge is 0.504 e. The molecule has 7 nitrogen and oxygen atoms in total. The summed E-state index contributed by atoms with van der Waals surface area (Å²) in [7, 11) is 0. The molecule has 0 spiro atoms. The number of phenolic OH excluding ortho intramolecular Hbond substituents is 2. The average Bonchev–Trinajstić information content (AvgIpc) is 2.33. The van der Waals surface area contributed by atoms with E-state index in [0.29, 0.717) is 11.1 Å². The third-order valence-electron chi connectivity index (χ3n) is 2.83. The van der Waals surface area contributed by atoms with Gasteiger partial charge in [0.15, 0.2) is 11.5 Å². The fraction of sp³-hybridized carbons (Fsp3) is 0.250. The first-order chi connectivity index (χ1) is 8.91. The maximum absolute atomic E-state index is 11.8. The van der Waals surface area contributed by atoms with Crippen molar-refractivity contribution in [2.24, 2.45) is 0 Å². The number of aromatic hydroxyl groups is 2. The number of aromatic nitrogens is 2. The van der Waals surface area contributed by atoms with Crippen molar-refractivity contribution in [3.8, 4) is 11.5 Å². The molecule has 1 aromatic carbocycles. The fourth-order valence-electron chi connectivity index (χ4n) is 1.91. The third-order valence-corrected chi connectivity index (χ3v) is 2.83. The highest BCUT2D eigenvalue weighted by atomic mass is 79.9. The normalized spacial score (nSPS) is 10.2. The van der Waals surface area contributed by atoms with Crippen LogP contribution >= 0.6 is 17.0 Å². The molecule has 20 heavy (non-hydrogen) atoms. The molecule has 108 valence electrons. The van der Waals surface area contributed by atoms with Crippen LogP contribution in [0.3, 0.4) is 0 Å². The number of nitrogens with zero attached hydrogens (tertiary/aromatic N) is 2. The quantitative estimate of drug-likeness (QED) is 0.720. The van der Waals surface area contributed by atoms with E-state index in [1.165, 1.54) is 12.1 Å². The Bertz CT molecular complexity index is 726. The zero-order chi connectivity index (χ0) is 14.2. The first-order valence-corrected chi connectivity index (χ1v) is 5.55. The molecule has 0 atom stereocenters. The highest BCUT2D eigenvalue weighted by Gasteiger charge is 2.15. The number of carbonyl (C=O) groups is 1. The van der Waals surface area contributed by atoms with E-state index in [-0.39, 0.29) is 41.2 Å². The SMILES string of the molecule is Br.Cc1nc(=O)n(CCC(=O)O)c2c(O)c(O)ccc12. The Hall–Kier alpha value is -2.09. The summed E-state index contributed by atoms with van der Waals surface area (Å²) in [6.45, 7) is 1.47. The molecule has 0 saturated heterocycles.